The molecule has 0 aromatic carbocycles. The third-order valence-electron chi connectivity index (χ3n) is 3.33. The molecule has 0 N–H and O–H groups in total. The van der Waals surface area contributed by atoms with Gasteiger partial charge >= 0.3 is 5.97 Å². The molecule has 1 rings (SSSR count). The van der Waals surface area contributed by atoms with Gasteiger partial charge in [-0.25, -0.2) is 0 Å². The van der Waals surface area contributed by atoms with Crippen LogP contribution >= 0.6 is 0 Å². The zero-order valence-electron chi connectivity index (χ0n) is 14.0. The zero-order chi connectivity index (χ0) is 17.5. The molecule has 120 valence electrons. The number of esters is 1. The van der Waals surface area contributed by atoms with Crippen molar-refractivity contribution in [2.75, 3.05) is 0 Å². The van der Waals surface area contributed by atoms with Gasteiger partial charge in [-0.1, -0.05) is 46.1 Å². The fourth-order valence-corrected chi connectivity index (χ4v) is 1.52. The molecule has 0 spiro atoms. The van der Waals surface area contributed by atoms with Crippen molar-refractivity contribution in [3.63, 3.8) is 0 Å². The van der Waals surface area contributed by atoms with Crippen LogP contribution in [0.15, 0.2) is 48.3 Å². The van der Waals surface area contributed by atoms with Crippen molar-refractivity contribution in [3.8, 4) is 0 Å². The van der Waals surface area contributed by atoms with Crippen LogP contribution in [0.2, 0.25) is 0 Å². The predicted octanol–water partition coefficient (Wildman–Crippen LogP) is 3.70. The molecule has 0 amide bonds. The Morgan fingerprint density at radius 2 is 1.68 bits per heavy atom. The van der Waals surface area contributed by atoms with Gasteiger partial charge in [0.25, 0.3) is 0 Å². The van der Waals surface area contributed by atoms with Gasteiger partial charge in [0, 0.05) is 17.2 Å². The molecule has 4 nitrogen and oxygen atoms in total. The normalized spacial score (nSPS) is 14.7. The summed E-state index contributed by atoms with van der Waals surface area (Å²) in [7, 11) is 0. The first kappa shape index (κ1) is 19.8. The van der Waals surface area contributed by atoms with Crippen molar-refractivity contribution in [3.05, 3.63) is 48.3 Å². The van der Waals surface area contributed by atoms with Crippen LogP contribution in [-0.4, -0.2) is 17.5 Å². The van der Waals surface area contributed by atoms with Crippen LogP contribution in [-0.2, 0) is 19.1 Å². The lowest BCUT2D eigenvalue weighted by Gasteiger charge is -2.22. The number of rotatable bonds is 5. The Kier molecular flexibility index (Phi) is 7.43. The Balaban J connectivity index is 0.00000211. The average molecular weight is 304 g/mol. The molecule has 0 saturated heterocycles. The van der Waals surface area contributed by atoms with E-state index in [4.69, 9.17) is 4.74 Å². The Morgan fingerprint density at radius 3 is 2.09 bits per heavy atom. The summed E-state index contributed by atoms with van der Waals surface area (Å²) in [5.74, 6) is -1.76. The fourth-order valence-electron chi connectivity index (χ4n) is 1.52. The second kappa shape index (κ2) is 8.27. The third-order valence-corrected chi connectivity index (χ3v) is 3.33. The fraction of sp³-hybridized carbons (Fsp3) is 0.389. The van der Waals surface area contributed by atoms with Crippen molar-refractivity contribution in [2.24, 2.45) is 5.41 Å². The first-order valence-corrected chi connectivity index (χ1v) is 7.30. The summed E-state index contributed by atoms with van der Waals surface area (Å²) in [4.78, 5) is 36.0. The van der Waals surface area contributed by atoms with E-state index in [-0.39, 0.29) is 16.9 Å². The van der Waals surface area contributed by atoms with Crippen molar-refractivity contribution < 1.29 is 19.1 Å². The summed E-state index contributed by atoms with van der Waals surface area (Å²) >= 11 is 0. The van der Waals surface area contributed by atoms with Crippen LogP contribution in [0.4, 0.5) is 0 Å². The number of carbonyl (C=O) groups is 3. The second-order valence-corrected chi connectivity index (χ2v) is 5.06. The Hall–Kier alpha value is -2.23. The lowest BCUT2D eigenvalue weighted by Crippen LogP contribution is -2.29. The van der Waals surface area contributed by atoms with Crippen molar-refractivity contribution >= 4 is 17.5 Å². The van der Waals surface area contributed by atoms with E-state index in [0.29, 0.717) is 6.42 Å². The topological polar surface area (TPSA) is 60.4 Å². The van der Waals surface area contributed by atoms with Crippen LogP contribution in [0, 0.1) is 5.41 Å². The van der Waals surface area contributed by atoms with Gasteiger partial charge in [-0.05, 0) is 20.3 Å². The molecule has 0 saturated carbocycles. The molecular weight excluding hydrogens is 280 g/mol. The van der Waals surface area contributed by atoms with Crippen LogP contribution in [0.3, 0.4) is 0 Å². The van der Waals surface area contributed by atoms with Crippen LogP contribution in [0.5, 0.6) is 0 Å². The van der Waals surface area contributed by atoms with E-state index in [1.54, 1.807) is 13.8 Å². The van der Waals surface area contributed by atoms with E-state index in [1.807, 2.05) is 20.8 Å². The molecule has 0 heterocycles. The maximum absolute atomic E-state index is 12.1. The van der Waals surface area contributed by atoms with Crippen molar-refractivity contribution in [1.82, 2.24) is 0 Å². The van der Waals surface area contributed by atoms with Gasteiger partial charge in [-0.3, -0.25) is 14.4 Å². The smallest absolute Gasteiger partial charge is 0.317 e. The minimum atomic E-state index is -0.721. The number of carbonyl (C=O) groups excluding carboxylic acids is 3. The Labute approximate surface area is 132 Å². The predicted molar refractivity (Wildman–Crippen MR) is 87.0 cm³/mol. The molecule has 0 aromatic heterocycles. The summed E-state index contributed by atoms with van der Waals surface area (Å²) in [5, 5.41) is 0. The molecular formula is C18H24O4. The molecule has 22 heavy (non-hydrogen) atoms. The Bertz CT molecular complexity index is 560. The zero-order valence-corrected chi connectivity index (χ0v) is 14.0. The molecule has 1 aliphatic carbocycles. The highest BCUT2D eigenvalue weighted by Gasteiger charge is 2.33. The maximum atomic E-state index is 12.1. The third kappa shape index (κ3) is 4.13. The van der Waals surface area contributed by atoms with Gasteiger partial charge < -0.3 is 4.74 Å². The molecule has 0 aliphatic heterocycles. The molecule has 0 atom stereocenters. The molecule has 0 bridgehead atoms. The van der Waals surface area contributed by atoms with E-state index in [1.165, 1.54) is 12.2 Å². The van der Waals surface area contributed by atoms with Gasteiger partial charge in [0.2, 0.25) is 5.78 Å². The average Bonchev–Trinajstić information content (AvgIpc) is 2.51. The quantitative estimate of drug-likeness (QED) is 0.574. The molecule has 4 heteroatoms. The largest absolute Gasteiger partial charge is 0.422 e. The van der Waals surface area contributed by atoms with E-state index < -0.39 is 23.0 Å². The highest BCUT2D eigenvalue weighted by molar-refractivity contribution is 6.24. The van der Waals surface area contributed by atoms with Gasteiger partial charge in [-0.2, -0.15) is 0 Å². The first-order chi connectivity index (χ1) is 10.3. The number of ether oxygens (including phenoxy) is 1. The van der Waals surface area contributed by atoms with E-state index in [2.05, 4.69) is 13.2 Å². The van der Waals surface area contributed by atoms with E-state index in [0.717, 1.165) is 6.08 Å². The van der Waals surface area contributed by atoms with E-state index in [9.17, 15) is 14.4 Å². The monoisotopic (exact) mass is 304 g/mol. The number of Topliss-reactive ketones (excluding diaryl/α,β-unsaturated/α-hetero) is 1. The van der Waals surface area contributed by atoms with Gasteiger partial charge in [0.1, 0.15) is 0 Å². The second-order valence-electron chi connectivity index (χ2n) is 5.06. The summed E-state index contributed by atoms with van der Waals surface area (Å²) < 4.78 is 5.09. The number of hydrogen-bond acceptors (Lipinski definition) is 4. The minimum absolute atomic E-state index is 0.101. The molecule has 0 aromatic rings. The highest BCUT2D eigenvalue weighted by atomic mass is 16.5. The van der Waals surface area contributed by atoms with Crippen molar-refractivity contribution in [1.29, 1.82) is 0 Å². The van der Waals surface area contributed by atoms with Crippen LogP contribution in [0.25, 0.3) is 0 Å². The number of ketones is 2. The summed E-state index contributed by atoms with van der Waals surface area (Å²) in [6.45, 7) is 16.3. The minimum Gasteiger partial charge on any atom is -0.422 e. The van der Waals surface area contributed by atoms with Crippen LogP contribution in [0.1, 0.15) is 41.0 Å². The molecule has 1 aliphatic rings. The van der Waals surface area contributed by atoms with Crippen molar-refractivity contribution in [2.45, 2.75) is 41.0 Å². The lowest BCUT2D eigenvalue weighted by molar-refractivity contribution is -0.151. The summed E-state index contributed by atoms with van der Waals surface area (Å²) in [6.07, 6.45) is 4.14. The first-order valence-electron chi connectivity index (χ1n) is 7.30. The molecule has 0 fully saturated rings. The van der Waals surface area contributed by atoms with Gasteiger partial charge in [0.05, 0.1) is 5.41 Å². The van der Waals surface area contributed by atoms with Crippen LogP contribution < -0.4 is 0 Å². The maximum Gasteiger partial charge on any atom is 0.317 e. The molecule has 0 radical (unpaired) electrons. The summed E-state index contributed by atoms with van der Waals surface area (Å²) in [5.41, 5.74) is -0.454. The lowest BCUT2D eigenvalue weighted by atomic mass is 9.90. The SMILES string of the molecule is C=CC1=C(C=C)C(=O)C(OC(=O)C(C)(C)CC)=CC1=O.CC. The summed E-state index contributed by atoms with van der Waals surface area (Å²) in [6, 6.07) is 0. The van der Waals surface area contributed by atoms with Gasteiger partial charge in [0.15, 0.2) is 11.5 Å². The number of allylic oxidation sites excluding steroid dienone is 5. The Morgan fingerprint density at radius 1 is 1.18 bits per heavy atom. The van der Waals surface area contributed by atoms with Gasteiger partial charge in [-0.15, -0.1) is 0 Å². The van der Waals surface area contributed by atoms with E-state index >= 15 is 0 Å². The molecule has 0 unspecified atom stereocenters. The standard InChI is InChI=1S/C16H18O4.C2H6/c1-6-10-11(7-2)14(18)13(9-12(10)17)20-15(19)16(4,5)8-3;1-2/h6-7,9H,1-2,8H2,3-5H3;1-2H3. The highest BCUT2D eigenvalue weighted by Crippen LogP contribution is 2.26. The number of hydrogen-bond donors (Lipinski definition) is 0.